The zero-order chi connectivity index (χ0) is 16.3. The molecule has 1 amide bonds. The van der Waals surface area contributed by atoms with Crippen molar-refractivity contribution in [2.45, 2.75) is 25.8 Å². The molecule has 1 aliphatic heterocycles. The van der Waals surface area contributed by atoms with Crippen molar-refractivity contribution < 1.29 is 19.1 Å². The van der Waals surface area contributed by atoms with E-state index in [1.54, 1.807) is 18.2 Å². The Morgan fingerprint density at radius 1 is 1.50 bits per heavy atom. The maximum atomic E-state index is 13.7. The number of aliphatic carboxylic acids is 1. The fourth-order valence-corrected chi connectivity index (χ4v) is 3.47. The smallest absolute Gasteiger partial charge is 0.326 e. The lowest BCUT2D eigenvalue weighted by Gasteiger charge is -2.22. The van der Waals surface area contributed by atoms with Gasteiger partial charge in [-0.2, -0.15) is 0 Å². The van der Waals surface area contributed by atoms with Crippen LogP contribution in [-0.2, 0) is 9.59 Å². The van der Waals surface area contributed by atoms with Crippen molar-refractivity contribution in [2.24, 2.45) is 0 Å². The Kier molecular flexibility index (Phi) is 5.31. The van der Waals surface area contributed by atoms with E-state index in [2.05, 4.69) is 0 Å². The lowest BCUT2D eigenvalue weighted by molar-refractivity contribution is -0.145. The molecule has 1 heterocycles. The predicted molar refractivity (Wildman–Crippen MR) is 87.7 cm³/mol. The summed E-state index contributed by atoms with van der Waals surface area (Å²) in [5.74, 6) is -2.03. The topological polar surface area (TPSA) is 57.6 Å². The first kappa shape index (κ1) is 16.6. The standard InChI is InChI=1S/C15H14FNO3S2/c1-2-5-11(14(19)20)17-13(18)12(22-15(17)21)8-9-6-3-4-7-10(9)16/h3-4,6-8,11H,2,5H2,1H3,(H,19,20)/b12-8-. The Morgan fingerprint density at radius 3 is 2.77 bits per heavy atom. The molecule has 1 fully saturated rings. The largest absolute Gasteiger partial charge is 0.480 e. The molecule has 1 aliphatic rings. The maximum absolute atomic E-state index is 13.7. The monoisotopic (exact) mass is 339 g/mol. The van der Waals surface area contributed by atoms with Crippen molar-refractivity contribution in [3.63, 3.8) is 0 Å². The number of hydrogen-bond donors (Lipinski definition) is 1. The molecule has 4 nitrogen and oxygen atoms in total. The molecule has 22 heavy (non-hydrogen) atoms. The minimum absolute atomic E-state index is 0.188. The number of nitrogens with zero attached hydrogens (tertiary/aromatic N) is 1. The van der Waals surface area contributed by atoms with Gasteiger partial charge in [-0.05, 0) is 18.6 Å². The lowest BCUT2D eigenvalue weighted by atomic mass is 10.1. The Balaban J connectivity index is 2.32. The number of rotatable bonds is 5. The van der Waals surface area contributed by atoms with E-state index in [0.717, 1.165) is 16.7 Å². The lowest BCUT2D eigenvalue weighted by Crippen LogP contribution is -2.43. The van der Waals surface area contributed by atoms with Gasteiger partial charge in [0.05, 0.1) is 4.91 Å². The number of hydrogen-bond acceptors (Lipinski definition) is 4. The molecular weight excluding hydrogens is 325 g/mol. The maximum Gasteiger partial charge on any atom is 0.326 e. The SMILES string of the molecule is CCCC(C(=O)O)N1C(=O)/C(=C/c2ccccc2F)SC1=S. The van der Waals surface area contributed by atoms with Gasteiger partial charge < -0.3 is 5.11 Å². The molecule has 0 saturated carbocycles. The van der Waals surface area contributed by atoms with Crippen molar-refractivity contribution in [1.29, 1.82) is 0 Å². The molecule has 1 aromatic carbocycles. The minimum atomic E-state index is -1.09. The molecule has 116 valence electrons. The molecule has 0 spiro atoms. The molecule has 0 bridgehead atoms. The molecule has 7 heteroatoms. The summed E-state index contributed by atoms with van der Waals surface area (Å²) < 4.78 is 13.9. The molecular formula is C15H14FNO3S2. The van der Waals surface area contributed by atoms with E-state index in [1.807, 2.05) is 6.92 Å². The van der Waals surface area contributed by atoms with Gasteiger partial charge in [-0.1, -0.05) is 55.5 Å². The Labute approximate surface area is 137 Å². The molecule has 1 saturated heterocycles. The third-order valence-corrected chi connectivity index (χ3v) is 4.50. The van der Waals surface area contributed by atoms with Crippen molar-refractivity contribution in [3.05, 3.63) is 40.6 Å². The first-order valence-electron chi connectivity index (χ1n) is 6.70. The molecule has 1 atom stereocenters. The zero-order valence-electron chi connectivity index (χ0n) is 11.8. The average molecular weight is 339 g/mol. The van der Waals surface area contributed by atoms with Crippen LogP contribution in [0.2, 0.25) is 0 Å². The predicted octanol–water partition coefficient (Wildman–Crippen LogP) is 3.28. The summed E-state index contributed by atoms with van der Waals surface area (Å²) in [5.41, 5.74) is 0.269. The Morgan fingerprint density at radius 2 is 2.18 bits per heavy atom. The van der Waals surface area contributed by atoms with Gasteiger partial charge in [-0.15, -0.1) is 0 Å². The summed E-state index contributed by atoms with van der Waals surface area (Å²) in [6, 6.07) is 5.07. The van der Waals surface area contributed by atoms with Gasteiger partial charge >= 0.3 is 5.97 Å². The molecule has 1 aromatic rings. The highest BCUT2D eigenvalue weighted by molar-refractivity contribution is 8.26. The highest BCUT2D eigenvalue weighted by atomic mass is 32.2. The number of carbonyl (C=O) groups excluding carboxylic acids is 1. The van der Waals surface area contributed by atoms with Gasteiger partial charge in [-0.25, -0.2) is 9.18 Å². The molecule has 0 radical (unpaired) electrons. The number of amides is 1. The Bertz CT molecular complexity index is 660. The van der Waals surface area contributed by atoms with Crippen molar-refractivity contribution in [3.8, 4) is 0 Å². The van der Waals surface area contributed by atoms with Crippen molar-refractivity contribution in [2.75, 3.05) is 0 Å². The van der Waals surface area contributed by atoms with Crippen LogP contribution >= 0.6 is 24.0 Å². The van der Waals surface area contributed by atoms with Gasteiger partial charge in [0.2, 0.25) is 0 Å². The quantitative estimate of drug-likeness (QED) is 0.659. The third kappa shape index (κ3) is 3.36. The van der Waals surface area contributed by atoms with Crippen LogP contribution in [0.15, 0.2) is 29.2 Å². The van der Waals surface area contributed by atoms with E-state index in [0.29, 0.717) is 12.8 Å². The second-order valence-electron chi connectivity index (χ2n) is 4.72. The number of carboxylic acids is 1. The van der Waals surface area contributed by atoms with E-state index in [1.165, 1.54) is 12.1 Å². The normalized spacial score (nSPS) is 18.1. The fourth-order valence-electron chi connectivity index (χ4n) is 2.12. The summed E-state index contributed by atoms with van der Waals surface area (Å²) in [5, 5.41) is 9.28. The fraction of sp³-hybridized carbons (Fsp3) is 0.267. The van der Waals surface area contributed by atoms with E-state index < -0.39 is 23.7 Å². The van der Waals surface area contributed by atoms with Gasteiger partial charge in [0, 0.05) is 5.56 Å². The number of thioether (sulfide) groups is 1. The summed E-state index contributed by atoms with van der Waals surface area (Å²) >= 11 is 6.12. The molecule has 2 rings (SSSR count). The number of halogens is 1. The van der Waals surface area contributed by atoms with Crippen LogP contribution in [0.5, 0.6) is 0 Å². The van der Waals surface area contributed by atoms with Crippen LogP contribution in [0.3, 0.4) is 0 Å². The number of carbonyl (C=O) groups is 2. The first-order valence-corrected chi connectivity index (χ1v) is 7.92. The Hall–Kier alpha value is -1.73. The molecule has 1 unspecified atom stereocenters. The van der Waals surface area contributed by atoms with Crippen LogP contribution in [0.4, 0.5) is 4.39 Å². The minimum Gasteiger partial charge on any atom is -0.480 e. The van der Waals surface area contributed by atoms with E-state index in [9.17, 15) is 19.1 Å². The van der Waals surface area contributed by atoms with Crippen LogP contribution < -0.4 is 0 Å². The number of thiocarbonyl (C=S) groups is 1. The third-order valence-electron chi connectivity index (χ3n) is 3.17. The van der Waals surface area contributed by atoms with Crippen LogP contribution in [-0.4, -0.2) is 32.2 Å². The summed E-state index contributed by atoms with van der Waals surface area (Å²) in [4.78, 5) is 25.1. The highest BCUT2D eigenvalue weighted by Gasteiger charge is 2.40. The van der Waals surface area contributed by atoms with Gasteiger partial charge in [0.15, 0.2) is 0 Å². The average Bonchev–Trinajstić information content (AvgIpc) is 2.73. The van der Waals surface area contributed by atoms with Crippen LogP contribution in [0, 0.1) is 5.82 Å². The zero-order valence-corrected chi connectivity index (χ0v) is 13.4. The van der Waals surface area contributed by atoms with Crippen LogP contribution in [0.25, 0.3) is 6.08 Å². The molecule has 0 aromatic heterocycles. The van der Waals surface area contributed by atoms with Crippen molar-refractivity contribution >= 4 is 46.3 Å². The van der Waals surface area contributed by atoms with Gasteiger partial charge in [0.1, 0.15) is 16.2 Å². The summed E-state index contributed by atoms with van der Waals surface area (Å²) in [6.45, 7) is 1.84. The van der Waals surface area contributed by atoms with Gasteiger partial charge in [-0.3, -0.25) is 9.69 Å². The summed E-state index contributed by atoms with van der Waals surface area (Å²) in [7, 11) is 0. The van der Waals surface area contributed by atoms with E-state index >= 15 is 0 Å². The number of benzene rings is 1. The van der Waals surface area contributed by atoms with Crippen LogP contribution in [0.1, 0.15) is 25.3 Å². The van der Waals surface area contributed by atoms with E-state index in [-0.39, 0.29) is 14.8 Å². The number of carboxylic acid groups (broad SMARTS) is 1. The second-order valence-corrected chi connectivity index (χ2v) is 6.39. The summed E-state index contributed by atoms with van der Waals surface area (Å²) in [6.07, 6.45) is 2.33. The molecule has 1 N–H and O–H groups in total. The highest BCUT2D eigenvalue weighted by Crippen LogP contribution is 2.35. The second kappa shape index (κ2) is 7.02. The first-order chi connectivity index (χ1) is 10.5. The van der Waals surface area contributed by atoms with E-state index in [4.69, 9.17) is 12.2 Å². The van der Waals surface area contributed by atoms with Gasteiger partial charge in [0.25, 0.3) is 5.91 Å². The molecule has 0 aliphatic carbocycles. The van der Waals surface area contributed by atoms with Crippen molar-refractivity contribution in [1.82, 2.24) is 4.90 Å².